The highest BCUT2D eigenvalue weighted by molar-refractivity contribution is 9.10. The third-order valence-electron chi connectivity index (χ3n) is 5.67. The first kappa shape index (κ1) is 23.9. The quantitative estimate of drug-likeness (QED) is 0.453. The van der Waals surface area contributed by atoms with Gasteiger partial charge in [-0.25, -0.2) is 8.42 Å². The second kappa shape index (κ2) is 9.55. The van der Waals surface area contributed by atoms with E-state index in [0.717, 1.165) is 21.1 Å². The number of halogens is 1. The Morgan fingerprint density at radius 3 is 2.48 bits per heavy atom. The Hall–Kier alpha value is -2.25. The Balaban J connectivity index is 1.64. The van der Waals surface area contributed by atoms with Crippen LogP contribution < -0.4 is 4.80 Å². The van der Waals surface area contributed by atoms with Crippen molar-refractivity contribution in [3.8, 4) is 12.3 Å². The Morgan fingerprint density at radius 2 is 1.85 bits per heavy atom. The van der Waals surface area contributed by atoms with Gasteiger partial charge in [-0.2, -0.15) is 9.30 Å². The summed E-state index contributed by atoms with van der Waals surface area (Å²) in [6.07, 6.45) is 6.55. The van der Waals surface area contributed by atoms with Crippen LogP contribution in [-0.4, -0.2) is 36.3 Å². The van der Waals surface area contributed by atoms with Gasteiger partial charge in [-0.15, -0.1) is 6.42 Å². The minimum absolute atomic E-state index is 0.189. The van der Waals surface area contributed by atoms with E-state index in [4.69, 9.17) is 6.42 Å². The molecule has 2 heterocycles. The number of benzene rings is 2. The zero-order valence-corrected chi connectivity index (χ0v) is 21.6. The molecule has 1 aromatic heterocycles. The first-order valence-corrected chi connectivity index (χ1v) is 13.7. The lowest BCUT2D eigenvalue weighted by molar-refractivity contribution is 0.0998. The first-order valence-electron chi connectivity index (χ1n) is 10.6. The molecule has 2 unspecified atom stereocenters. The fraction of sp³-hybridized carbons (Fsp3) is 0.333. The number of carbonyl (C=O) groups is 1. The maximum absolute atomic E-state index is 13.1. The van der Waals surface area contributed by atoms with Crippen LogP contribution in [0.3, 0.4) is 0 Å². The number of carbonyl (C=O) groups excluding carboxylic acids is 1. The molecule has 0 saturated carbocycles. The van der Waals surface area contributed by atoms with Crippen molar-refractivity contribution in [1.82, 2.24) is 8.87 Å². The van der Waals surface area contributed by atoms with Gasteiger partial charge < -0.3 is 4.57 Å². The topological polar surface area (TPSA) is 71.7 Å². The van der Waals surface area contributed by atoms with Crippen LogP contribution >= 0.6 is 27.3 Å². The lowest BCUT2D eigenvalue weighted by Gasteiger charge is -2.34. The Morgan fingerprint density at radius 1 is 1.18 bits per heavy atom. The molecule has 0 N–H and O–H groups in total. The number of piperidine rings is 1. The van der Waals surface area contributed by atoms with E-state index in [0.29, 0.717) is 35.3 Å². The number of hydrogen-bond donors (Lipinski definition) is 0. The second-order valence-electron chi connectivity index (χ2n) is 8.50. The third-order valence-corrected chi connectivity index (χ3v) is 9.05. The molecule has 1 aliphatic heterocycles. The standard InChI is InChI=1S/C24H24BrN3O3S2/c1-4-11-28-21-10-7-19(25)13-22(21)32-24(28)26-23(29)18-5-8-20(9-6-18)33(30,31)27-14-16(2)12-17(3)15-27/h1,5-10,13,16-17H,11-12,14-15H2,2-3H3. The van der Waals surface area contributed by atoms with Crippen molar-refractivity contribution in [3.63, 3.8) is 0 Å². The number of fused-ring (bicyclic) bond motifs is 1. The van der Waals surface area contributed by atoms with Crippen molar-refractivity contribution < 1.29 is 13.2 Å². The molecule has 172 valence electrons. The van der Waals surface area contributed by atoms with Crippen molar-refractivity contribution in [1.29, 1.82) is 0 Å². The number of thiazole rings is 1. The number of amides is 1. The minimum atomic E-state index is -3.60. The molecule has 0 radical (unpaired) electrons. The fourth-order valence-electron chi connectivity index (χ4n) is 4.25. The molecule has 0 bridgehead atoms. The zero-order valence-electron chi connectivity index (χ0n) is 18.4. The normalized spacial score (nSPS) is 20.1. The average molecular weight is 547 g/mol. The molecule has 1 saturated heterocycles. The molecule has 2 aromatic carbocycles. The summed E-state index contributed by atoms with van der Waals surface area (Å²) in [5, 5.41) is 0. The van der Waals surface area contributed by atoms with Gasteiger partial charge >= 0.3 is 0 Å². The lowest BCUT2D eigenvalue weighted by Crippen LogP contribution is -2.42. The van der Waals surface area contributed by atoms with Crippen LogP contribution in [0.1, 0.15) is 30.6 Å². The van der Waals surface area contributed by atoms with Crippen molar-refractivity contribution in [2.45, 2.75) is 31.7 Å². The molecule has 4 rings (SSSR count). The number of rotatable bonds is 4. The first-order chi connectivity index (χ1) is 15.7. The van der Waals surface area contributed by atoms with Gasteiger partial charge in [0.05, 0.1) is 21.7 Å². The molecular formula is C24H24BrN3O3S2. The summed E-state index contributed by atoms with van der Waals surface area (Å²) in [6, 6.07) is 11.8. The predicted octanol–water partition coefficient (Wildman–Crippen LogP) is 4.51. The predicted molar refractivity (Wildman–Crippen MR) is 134 cm³/mol. The van der Waals surface area contributed by atoms with Gasteiger partial charge in [0.25, 0.3) is 5.91 Å². The summed E-state index contributed by atoms with van der Waals surface area (Å²) in [7, 11) is -3.60. The monoisotopic (exact) mass is 545 g/mol. The fourth-order valence-corrected chi connectivity index (χ4v) is 7.51. The Labute approximate surface area is 206 Å². The molecule has 9 heteroatoms. The summed E-state index contributed by atoms with van der Waals surface area (Å²) >= 11 is 4.83. The number of sulfonamides is 1. The van der Waals surface area contributed by atoms with Gasteiger partial charge in [0.15, 0.2) is 4.80 Å². The summed E-state index contributed by atoms with van der Waals surface area (Å²) in [5.41, 5.74) is 1.22. The summed E-state index contributed by atoms with van der Waals surface area (Å²) in [6.45, 7) is 5.46. The highest BCUT2D eigenvalue weighted by Gasteiger charge is 2.31. The van der Waals surface area contributed by atoms with E-state index >= 15 is 0 Å². The van der Waals surface area contributed by atoms with Crippen LogP contribution in [0.4, 0.5) is 0 Å². The number of aromatic nitrogens is 1. The van der Waals surface area contributed by atoms with Gasteiger partial charge in [0.1, 0.15) is 0 Å². The van der Waals surface area contributed by atoms with Crippen LogP contribution in [0, 0.1) is 24.2 Å². The molecule has 0 spiro atoms. The second-order valence-corrected chi connectivity index (χ2v) is 12.4. The molecule has 0 aliphatic carbocycles. The maximum atomic E-state index is 13.1. The summed E-state index contributed by atoms with van der Waals surface area (Å²) in [4.78, 5) is 17.8. The van der Waals surface area contributed by atoms with Gasteiger partial charge in [-0.3, -0.25) is 4.79 Å². The van der Waals surface area contributed by atoms with Gasteiger partial charge in [-0.1, -0.05) is 47.0 Å². The Bertz CT molecular complexity index is 1410. The Kier molecular flexibility index (Phi) is 6.91. The van der Waals surface area contributed by atoms with E-state index in [1.807, 2.05) is 22.8 Å². The molecule has 33 heavy (non-hydrogen) atoms. The smallest absolute Gasteiger partial charge is 0.279 e. The number of nitrogens with zero attached hydrogens (tertiary/aromatic N) is 3. The van der Waals surface area contributed by atoms with Crippen LogP contribution in [0.2, 0.25) is 0 Å². The van der Waals surface area contributed by atoms with Crippen LogP contribution in [-0.2, 0) is 16.6 Å². The summed E-state index contributed by atoms with van der Waals surface area (Å²) in [5.74, 6) is 2.80. The molecule has 2 atom stereocenters. The SMILES string of the molecule is C#CCn1c(=NC(=O)c2ccc(S(=O)(=O)N3CC(C)CC(C)C3)cc2)sc2cc(Br)ccc21. The molecule has 3 aromatic rings. The highest BCUT2D eigenvalue weighted by Crippen LogP contribution is 2.27. The van der Waals surface area contributed by atoms with Gasteiger partial charge in [-0.05, 0) is 60.7 Å². The largest absolute Gasteiger partial charge is 0.305 e. The molecule has 1 amide bonds. The van der Waals surface area contributed by atoms with Gasteiger partial charge in [0, 0.05) is 23.1 Å². The van der Waals surface area contributed by atoms with E-state index in [1.54, 1.807) is 4.31 Å². The van der Waals surface area contributed by atoms with E-state index in [-0.39, 0.29) is 11.4 Å². The van der Waals surface area contributed by atoms with Crippen LogP contribution in [0.15, 0.2) is 56.8 Å². The van der Waals surface area contributed by atoms with Crippen molar-refractivity contribution in [2.75, 3.05) is 13.1 Å². The summed E-state index contributed by atoms with van der Waals surface area (Å²) < 4.78 is 31.4. The molecular weight excluding hydrogens is 522 g/mol. The van der Waals surface area contributed by atoms with Crippen molar-refractivity contribution in [3.05, 3.63) is 57.3 Å². The number of hydrogen-bond acceptors (Lipinski definition) is 4. The molecule has 1 aliphatic rings. The molecule has 1 fully saturated rings. The van der Waals surface area contributed by atoms with E-state index in [2.05, 4.69) is 40.7 Å². The lowest BCUT2D eigenvalue weighted by atomic mass is 9.94. The van der Waals surface area contributed by atoms with Crippen molar-refractivity contribution >= 4 is 53.4 Å². The van der Waals surface area contributed by atoms with Gasteiger partial charge in [0.2, 0.25) is 10.0 Å². The maximum Gasteiger partial charge on any atom is 0.279 e. The van der Waals surface area contributed by atoms with E-state index < -0.39 is 15.9 Å². The average Bonchev–Trinajstić information content (AvgIpc) is 3.09. The zero-order chi connectivity index (χ0) is 23.8. The van der Waals surface area contributed by atoms with E-state index in [1.165, 1.54) is 35.6 Å². The molecule has 6 nitrogen and oxygen atoms in total. The highest BCUT2D eigenvalue weighted by atomic mass is 79.9. The van der Waals surface area contributed by atoms with Crippen LogP contribution in [0.5, 0.6) is 0 Å². The van der Waals surface area contributed by atoms with E-state index in [9.17, 15) is 13.2 Å². The minimum Gasteiger partial charge on any atom is -0.305 e. The number of terminal acetylenes is 1. The van der Waals surface area contributed by atoms with Crippen LogP contribution in [0.25, 0.3) is 10.2 Å². The van der Waals surface area contributed by atoms with Crippen molar-refractivity contribution in [2.24, 2.45) is 16.8 Å². The third kappa shape index (κ3) is 4.99.